The first-order valence-electron chi connectivity index (χ1n) is 12.6. The molecule has 5 amide bonds. The van der Waals surface area contributed by atoms with Gasteiger partial charge in [-0.3, -0.25) is 19.3 Å². The van der Waals surface area contributed by atoms with Gasteiger partial charge in [-0.15, -0.1) is 0 Å². The van der Waals surface area contributed by atoms with Crippen LogP contribution in [-0.2, 0) is 20.8 Å². The summed E-state index contributed by atoms with van der Waals surface area (Å²) in [4.78, 5) is 55.3. The Morgan fingerprint density at radius 3 is 2.40 bits per heavy atom. The van der Waals surface area contributed by atoms with Gasteiger partial charge >= 0.3 is 6.03 Å². The third-order valence-electron chi connectivity index (χ3n) is 7.60. The fourth-order valence-corrected chi connectivity index (χ4v) is 5.58. The molecular weight excluding hydrogens is 451 g/mol. The highest BCUT2D eigenvalue weighted by atomic mass is 19.1. The summed E-state index contributed by atoms with van der Waals surface area (Å²) >= 11 is 0. The summed E-state index contributed by atoms with van der Waals surface area (Å²) in [5.41, 5.74) is -0.525. The van der Waals surface area contributed by atoms with Gasteiger partial charge in [-0.05, 0) is 63.5 Å². The van der Waals surface area contributed by atoms with E-state index in [1.54, 1.807) is 36.9 Å². The summed E-state index contributed by atoms with van der Waals surface area (Å²) in [5, 5.41) is 2.65. The third kappa shape index (κ3) is 5.49. The fourth-order valence-electron chi connectivity index (χ4n) is 5.58. The summed E-state index contributed by atoms with van der Waals surface area (Å²) in [6, 6.07) is 6.03. The standard InChI is InChI=1S/C26H35FN4O4/c1-26(2)24(34)31(25(35)28-26)16-12-22(32)30-13-6-5-9-21(30)18-10-14-29(15-11-18)23(33)17-19-7-3-4-8-20(19)27/h3-4,7-8,18,21H,5-6,9-17H2,1-2H3,(H,28,35). The number of nitrogens with zero attached hydrogens (tertiary/aromatic N) is 3. The molecule has 9 heteroatoms. The van der Waals surface area contributed by atoms with Gasteiger partial charge in [0, 0.05) is 38.6 Å². The van der Waals surface area contributed by atoms with Gasteiger partial charge in [0.2, 0.25) is 11.8 Å². The highest BCUT2D eigenvalue weighted by Gasteiger charge is 2.44. The molecule has 190 valence electrons. The largest absolute Gasteiger partial charge is 0.342 e. The molecule has 1 atom stereocenters. The van der Waals surface area contributed by atoms with E-state index in [9.17, 15) is 23.6 Å². The number of nitrogens with one attached hydrogen (secondary N) is 1. The van der Waals surface area contributed by atoms with Crippen molar-refractivity contribution in [3.63, 3.8) is 0 Å². The topological polar surface area (TPSA) is 90.0 Å². The zero-order valence-electron chi connectivity index (χ0n) is 20.6. The molecule has 0 aliphatic carbocycles. The average molecular weight is 487 g/mol. The molecule has 8 nitrogen and oxygen atoms in total. The van der Waals surface area contributed by atoms with Gasteiger partial charge in [0.1, 0.15) is 11.4 Å². The highest BCUT2D eigenvalue weighted by Crippen LogP contribution is 2.31. The van der Waals surface area contributed by atoms with Crippen molar-refractivity contribution in [3.05, 3.63) is 35.6 Å². The lowest BCUT2D eigenvalue weighted by Crippen LogP contribution is -2.51. The third-order valence-corrected chi connectivity index (χ3v) is 7.60. The predicted molar refractivity (Wildman–Crippen MR) is 128 cm³/mol. The van der Waals surface area contributed by atoms with E-state index in [-0.39, 0.29) is 49.0 Å². The van der Waals surface area contributed by atoms with Crippen LogP contribution in [0.2, 0.25) is 0 Å². The van der Waals surface area contributed by atoms with Crippen molar-refractivity contribution in [1.29, 1.82) is 0 Å². The molecule has 1 N–H and O–H groups in total. The number of rotatable bonds is 6. The number of piperidine rings is 2. The normalized spacial score (nSPS) is 22.9. The SMILES string of the molecule is CC1(C)NC(=O)N(CCC(=O)N2CCCCC2C2CCN(C(=O)Cc3ccccc3F)CC2)C1=O. The minimum absolute atomic E-state index is 0.0296. The van der Waals surface area contributed by atoms with E-state index in [4.69, 9.17) is 0 Å². The quantitative estimate of drug-likeness (QED) is 0.626. The number of amides is 5. The number of urea groups is 1. The number of hydrogen-bond donors (Lipinski definition) is 1. The summed E-state index contributed by atoms with van der Waals surface area (Å²) in [7, 11) is 0. The Labute approximate surface area is 205 Å². The predicted octanol–water partition coefficient (Wildman–Crippen LogP) is 2.71. The molecule has 3 saturated heterocycles. The molecule has 3 aliphatic heterocycles. The van der Waals surface area contributed by atoms with E-state index in [2.05, 4.69) is 5.32 Å². The van der Waals surface area contributed by atoms with E-state index in [1.807, 2.05) is 4.90 Å². The van der Waals surface area contributed by atoms with Crippen LogP contribution >= 0.6 is 0 Å². The maximum Gasteiger partial charge on any atom is 0.325 e. The first-order valence-corrected chi connectivity index (χ1v) is 12.6. The molecule has 3 heterocycles. The van der Waals surface area contributed by atoms with E-state index >= 15 is 0 Å². The van der Waals surface area contributed by atoms with Crippen LogP contribution < -0.4 is 5.32 Å². The minimum Gasteiger partial charge on any atom is -0.342 e. The van der Waals surface area contributed by atoms with Crippen LogP contribution in [0.15, 0.2) is 24.3 Å². The zero-order valence-corrected chi connectivity index (χ0v) is 20.6. The van der Waals surface area contributed by atoms with Crippen molar-refractivity contribution < 1.29 is 23.6 Å². The Morgan fingerprint density at radius 1 is 1.03 bits per heavy atom. The molecule has 1 aromatic rings. The summed E-state index contributed by atoms with van der Waals surface area (Å²) < 4.78 is 13.9. The summed E-state index contributed by atoms with van der Waals surface area (Å²) in [5.74, 6) is -0.464. The molecule has 3 aliphatic rings. The molecule has 0 saturated carbocycles. The second kappa shape index (κ2) is 10.3. The van der Waals surface area contributed by atoms with E-state index in [1.165, 1.54) is 6.07 Å². The van der Waals surface area contributed by atoms with Crippen LogP contribution in [0.1, 0.15) is 57.9 Å². The Kier molecular flexibility index (Phi) is 7.42. The number of imide groups is 1. The second-order valence-corrected chi connectivity index (χ2v) is 10.4. The summed E-state index contributed by atoms with van der Waals surface area (Å²) in [6.45, 7) is 5.29. The molecule has 0 spiro atoms. The Balaban J connectivity index is 1.31. The van der Waals surface area contributed by atoms with Gasteiger partial charge in [-0.2, -0.15) is 0 Å². The fraction of sp³-hybridized carbons (Fsp3) is 0.615. The van der Waals surface area contributed by atoms with Crippen molar-refractivity contribution in [3.8, 4) is 0 Å². The molecule has 35 heavy (non-hydrogen) atoms. The van der Waals surface area contributed by atoms with E-state index < -0.39 is 11.6 Å². The van der Waals surface area contributed by atoms with Crippen molar-refractivity contribution in [1.82, 2.24) is 20.0 Å². The lowest BCUT2D eigenvalue weighted by Gasteiger charge is -2.44. The second-order valence-electron chi connectivity index (χ2n) is 10.4. The monoisotopic (exact) mass is 486 g/mol. The van der Waals surface area contributed by atoms with Gasteiger partial charge < -0.3 is 15.1 Å². The van der Waals surface area contributed by atoms with E-state index in [0.29, 0.717) is 31.1 Å². The summed E-state index contributed by atoms with van der Waals surface area (Å²) in [6.07, 6.45) is 4.71. The molecule has 1 aromatic carbocycles. The first kappa shape index (κ1) is 25.1. The maximum absolute atomic E-state index is 13.9. The zero-order chi connectivity index (χ0) is 25.2. The van der Waals surface area contributed by atoms with Crippen LogP contribution in [-0.4, -0.2) is 76.2 Å². The number of benzene rings is 1. The van der Waals surface area contributed by atoms with Gasteiger partial charge in [0.25, 0.3) is 5.91 Å². The van der Waals surface area contributed by atoms with Crippen LogP contribution in [0, 0.1) is 11.7 Å². The van der Waals surface area contributed by atoms with Crippen LogP contribution in [0.25, 0.3) is 0 Å². The van der Waals surface area contributed by atoms with E-state index in [0.717, 1.165) is 37.0 Å². The Bertz CT molecular complexity index is 989. The molecule has 0 aromatic heterocycles. The Morgan fingerprint density at radius 2 is 1.74 bits per heavy atom. The van der Waals surface area contributed by atoms with Gasteiger partial charge in [-0.25, -0.2) is 9.18 Å². The molecule has 0 bridgehead atoms. The number of halogens is 1. The van der Waals surface area contributed by atoms with Crippen molar-refractivity contribution >= 4 is 23.8 Å². The first-order chi connectivity index (χ1) is 16.7. The molecule has 0 radical (unpaired) electrons. The van der Waals surface area contributed by atoms with Crippen molar-refractivity contribution in [2.45, 2.75) is 70.4 Å². The lowest BCUT2D eigenvalue weighted by molar-refractivity contribution is -0.139. The number of likely N-dealkylation sites (tertiary alicyclic amines) is 2. The van der Waals surface area contributed by atoms with Crippen molar-refractivity contribution in [2.24, 2.45) is 5.92 Å². The minimum atomic E-state index is -0.939. The number of carbonyl (C=O) groups excluding carboxylic acids is 4. The maximum atomic E-state index is 13.9. The number of hydrogen-bond acceptors (Lipinski definition) is 4. The molecule has 4 rings (SSSR count). The van der Waals surface area contributed by atoms with Gasteiger partial charge in [0.05, 0.1) is 6.42 Å². The smallest absolute Gasteiger partial charge is 0.325 e. The average Bonchev–Trinajstić information content (AvgIpc) is 3.04. The molecular formula is C26H35FN4O4. The highest BCUT2D eigenvalue weighted by molar-refractivity contribution is 6.06. The van der Waals surface area contributed by atoms with Crippen molar-refractivity contribution in [2.75, 3.05) is 26.2 Å². The van der Waals surface area contributed by atoms with Crippen LogP contribution in [0.5, 0.6) is 0 Å². The number of carbonyl (C=O) groups is 4. The van der Waals surface area contributed by atoms with Crippen LogP contribution in [0.3, 0.4) is 0 Å². The van der Waals surface area contributed by atoms with Gasteiger partial charge in [-0.1, -0.05) is 18.2 Å². The Hall–Kier alpha value is -2.97. The van der Waals surface area contributed by atoms with Crippen LogP contribution in [0.4, 0.5) is 9.18 Å². The van der Waals surface area contributed by atoms with Gasteiger partial charge in [0.15, 0.2) is 0 Å². The molecule has 1 unspecified atom stereocenters. The lowest BCUT2D eigenvalue weighted by atomic mass is 9.83. The molecule has 3 fully saturated rings.